The Morgan fingerprint density at radius 3 is 2.58 bits per heavy atom. The Hall–Kier alpha value is -2.80. The predicted molar refractivity (Wildman–Crippen MR) is 118 cm³/mol. The maximum atomic E-state index is 12.9. The van der Waals surface area contributed by atoms with Crippen molar-refractivity contribution in [1.82, 2.24) is 9.80 Å². The molecule has 1 fully saturated rings. The summed E-state index contributed by atoms with van der Waals surface area (Å²) in [6, 6.07) is 10.4. The lowest BCUT2D eigenvalue weighted by molar-refractivity contribution is -0.141. The summed E-state index contributed by atoms with van der Waals surface area (Å²) in [5, 5.41) is 0.578. The average Bonchev–Trinajstić information content (AvgIpc) is 3.41. The summed E-state index contributed by atoms with van der Waals surface area (Å²) in [6.07, 6.45) is 5.90. The molecule has 0 radical (unpaired) electrons. The van der Waals surface area contributed by atoms with Gasteiger partial charge in [-0.2, -0.15) is 0 Å². The number of rotatable bonds is 10. The average molecular weight is 446 g/mol. The van der Waals surface area contributed by atoms with E-state index in [9.17, 15) is 14.4 Å². The first kappa shape index (κ1) is 22.9. The quantitative estimate of drug-likeness (QED) is 0.517. The molecule has 0 aliphatic carbocycles. The lowest BCUT2D eigenvalue weighted by atomic mass is 10.1. The molecule has 1 aromatic heterocycles. The van der Waals surface area contributed by atoms with Gasteiger partial charge in [0.25, 0.3) is 0 Å². The molecule has 31 heavy (non-hydrogen) atoms. The minimum atomic E-state index is -0.265. The summed E-state index contributed by atoms with van der Waals surface area (Å²) in [5.41, 5.74) is 0.684. The number of hydrogen-bond acceptors (Lipinski definition) is 4. The largest absolute Gasteiger partial charge is 0.467 e. The minimum absolute atomic E-state index is 0.0132. The number of anilines is 1. The fraction of sp³-hybridized carbons (Fsp3) is 0.435. The van der Waals surface area contributed by atoms with E-state index < -0.39 is 0 Å². The van der Waals surface area contributed by atoms with Crippen LogP contribution < -0.4 is 4.90 Å². The highest BCUT2D eigenvalue weighted by atomic mass is 35.5. The van der Waals surface area contributed by atoms with Crippen molar-refractivity contribution < 1.29 is 18.8 Å². The third-order valence-electron chi connectivity index (χ3n) is 5.28. The van der Waals surface area contributed by atoms with Crippen molar-refractivity contribution in [3.05, 3.63) is 53.4 Å². The summed E-state index contributed by atoms with van der Waals surface area (Å²) in [7, 11) is 0. The molecule has 0 atom stereocenters. The van der Waals surface area contributed by atoms with Gasteiger partial charge in [-0.1, -0.05) is 37.8 Å². The van der Waals surface area contributed by atoms with Crippen LogP contribution in [-0.4, -0.2) is 47.3 Å². The lowest BCUT2D eigenvalue weighted by Gasteiger charge is -2.24. The zero-order valence-corrected chi connectivity index (χ0v) is 18.5. The predicted octanol–water partition coefficient (Wildman–Crippen LogP) is 4.06. The molecule has 0 saturated carbocycles. The maximum absolute atomic E-state index is 12.9. The molecule has 166 valence electrons. The van der Waals surface area contributed by atoms with Gasteiger partial charge < -0.3 is 14.2 Å². The standard InChI is InChI=1S/C23H28ClN3O4/c1-2-3-4-5-8-21(28)25(14-20-7-6-13-31-20)15-22(29)26-16-23(30)27(17-26)19-11-9-18(24)10-12-19/h6-7,9-13H,2-5,8,14-17H2,1H3. The molecule has 1 aliphatic heterocycles. The number of carbonyl (C=O) groups excluding carboxylic acids is 3. The first-order valence-corrected chi connectivity index (χ1v) is 11.0. The SMILES string of the molecule is CCCCCCC(=O)N(CC(=O)N1CC(=O)N(c2ccc(Cl)cc2)C1)Cc1ccco1. The molecular formula is C23H28ClN3O4. The van der Waals surface area contributed by atoms with Crippen LogP contribution >= 0.6 is 11.6 Å². The van der Waals surface area contributed by atoms with Crippen molar-refractivity contribution >= 4 is 35.0 Å². The van der Waals surface area contributed by atoms with E-state index in [-0.39, 0.29) is 44.0 Å². The summed E-state index contributed by atoms with van der Waals surface area (Å²) in [6.45, 7) is 2.40. The van der Waals surface area contributed by atoms with Crippen LogP contribution in [0, 0.1) is 0 Å². The van der Waals surface area contributed by atoms with Gasteiger partial charge in [0.15, 0.2) is 0 Å². The summed E-state index contributed by atoms with van der Waals surface area (Å²) in [5.74, 6) is 0.105. The van der Waals surface area contributed by atoms with Gasteiger partial charge in [0.1, 0.15) is 25.5 Å². The van der Waals surface area contributed by atoms with Crippen LogP contribution in [0.1, 0.15) is 44.8 Å². The second kappa shape index (κ2) is 11.0. The Labute approximate surface area is 187 Å². The Morgan fingerprint density at radius 2 is 1.90 bits per heavy atom. The second-order valence-corrected chi connectivity index (χ2v) is 8.11. The van der Waals surface area contributed by atoms with Gasteiger partial charge in [-0.05, 0) is 42.8 Å². The number of nitrogens with zero attached hydrogens (tertiary/aromatic N) is 3. The highest BCUT2D eigenvalue weighted by Crippen LogP contribution is 2.22. The normalized spacial score (nSPS) is 13.7. The van der Waals surface area contributed by atoms with Crippen LogP contribution in [0.2, 0.25) is 5.02 Å². The molecule has 2 heterocycles. The highest BCUT2D eigenvalue weighted by Gasteiger charge is 2.33. The number of hydrogen-bond donors (Lipinski definition) is 0. The van der Waals surface area contributed by atoms with E-state index in [2.05, 4.69) is 6.92 Å². The zero-order valence-electron chi connectivity index (χ0n) is 17.8. The van der Waals surface area contributed by atoms with Crippen LogP contribution in [0.25, 0.3) is 0 Å². The van der Waals surface area contributed by atoms with Crippen LogP contribution in [0.3, 0.4) is 0 Å². The third-order valence-corrected chi connectivity index (χ3v) is 5.53. The van der Waals surface area contributed by atoms with Crippen LogP contribution in [0.15, 0.2) is 47.1 Å². The smallest absolute Gasteiger partial charge is 0.248 e. The Balaban J connectivity index is 1.62. The number of carbonyl (C=O) groups is 3. The summed E-state index contributed by atoms with van der Waals surface area (Å²) < 4.78 is 5.37. The molecule has 0 spiro atoms. The fourth-order valence-electron chi connectivity index (χ4n) is 3.51. The molecule has 1 aromatic carbocycles. The van der Waals surface area contributed by atoms with E-state index in [0.29, 0.717) is 22.9 Å². The van der Waals surface area contributed by atoms with Crippen molar-refractivity contribution in [1.29, 1.82) is 0 Å². The van der Waals surface area contributed by atoms with Gasteiger partial charge in [0.2, 0.25) is 17.7 Å². The van der Waals surface area contributed by atoms with Gasteiger partial charge in [0, 0.05) is 17.1 Å². The number of amides is 3. The molecule has 7 nitrogen and oxygen atoms in total. The molecular weight excluding hydrogens is 418 g/mol. The van der Waals surface area contributed by atoms with Gasteiger partial charge >= 0.3 is 0 Å². The van der Waals surface area contributed by atoms with Crippen molar-refractivity contribution in [2.75, 3.05) is 24.7 Å². The summed E-state index contributed by atoms with van der Waals surface area (Å²) in [4.78, 5) is 42.7. The van der Waals surface area contributed by atoms with Crippen LogP contribution in [0.5, 0.6) is 0 Å². The fourth-order valence-corrected chi connectivity index (χ4v) is 3.64. The molecule has 0 bridgehead atoms. The Kier molecular flexibility index (Phi) is 8.12. The van der Waals surface area contributed by atoms with E-state index in [1.807, 2.05) is 0 Å². The molecule has 3 rings (SSSR count). The van der Waals surface area contributed by atoms with Crippen molar-refractivity contribution in [2.24, 2.45) is 0 Å². The van der Waals surface area contributed by atoms with Crippen molar-refractivity contribution in [3.8, 4) is 0 Å². The van der Waals surface area contributed by atoms with E-state index in [4.69, 9.17) is 16.0 Å². The molecule has 0 unspecified atom stereocenters. The Bertz CT molecular complexity index is 883. The van der Waals surface area contributed by atoms with Gasteiger partial charge in [-0.25, -0.2) is 0 Å². The first-order valence-electron chi connectivity index (χ1n) is 10.6. The van der Waals surface area contributed by atoms with Gasteiger partial charge in [0.05, 0.1) is 12.8 Å². The van der Waals surface area contributed by atoms with Gasteiger partial charge in [-0.3, -0.25) is 19.3 Å². The van der Waals surface area contributed by atoms with E-state index in [1.165, 1.54) is 14.7 Å². The van der Waals surface area contributed by atoms with E-state index in [0.717, 1.165) is 25.7 Å². The molecule has 8 heteroatoms. The number of benzene rings is 1. The van der Waals surface area contributed by atoms with Crippen molar-refractivity contribution in [2.45, 2.75) is 45.6 Å². The Morgan fingerprint density at radius 1 is 1.13 bits per heavy atom. The van der Waals surface area contributed by atoms with Crippen molar-refractivity contribution in [3.63, 3.8) is 0 Å². The third kappa shape index (κ3) is 6.34. The molecule has 2 aromatic rings. The molecule has 1 saturated heterocycles. The summed E-state index contributed by atoms with van der Waals surface area (Å²) >= 11 is 5.92. The lowest BCUT2D eigenvalue weighted by Crippen LogP contribution is -2.42. The van der Waals surface area contributed by atoms with Crippen LogP contribution in [0.4, 0.5) is 5.69 Å². The zero-order chi connectivity index (χ0) is 22.2. The minimum Gasteiger partial charge on any atom is -0.467 e. The monoisotopic (exact) mass is 445 g/mol. The molecule has 0 N–H and O–H groups in total. The number of furan rings is 1. The highest BCUT2D eigenvalue weighted by molar-refractivity contribution is 6.30. The van der Waals surface area contributed by atoms with Gasteiger partial charge in [-0.15, -0.1) is 0 Å². The van der Waals surface area contributed by atoms with E-state index in [1.54, 1.807) is 42.7 Å². The topological polar surface area (TPSA) is 74.1 Å². The number of unbranched alkanes of at least 4 members (excludes halogenated alkanes) is 3. The first-order chi connectivity index (χ1) is 15.0. The molecule has 1 aliphatic rings. The van der Waals surface area contributed by atoms with E-state index >= 15 is 0 Å². The molecule has 3 amide bonds. The van der Waals surface area contributed by atoms with Crippen LogP contribution in [-0.2, 0) is 20.9 Å². The maximum Gasteiger partial charge on any atom is 0.248 e. The second-order valence-electron chi connectivity index (χ2n) is 7.67. The number of halogens is 1.